The Morgan fingerprint density at radius 1 is 0.887 bits per heavy atom. The summed E-state index contributed by atoms with van der Waals surface area (Å²) in [5.41, 5.74) is 0.533. The van der Waals surface area contributed by atoms with Crippen LogP contribution in [0, 0.1) is 11.3 Å². The monoisotopic (exact) mass is 744 g/mol. The molecule has 4 aromatic rings. The Morgan fingerprint density at radius 2 is 1.45 bits per heavy atom. The molecule has 1 aliphatic rings. The van der Waals surface area contributed by atoms with E-state index in [4.69, 9.17) is 28.0 Å². The summed E-state index contributed by atoms with van der Waals surface area (Å²) < 4.78 is 42.7. The van der Waals surface area contributed by atoms with Crippen LogP contribution >= 0.6 is 8.53 Å². The van der Waals surface area contributed by atoms with E-state index in [-0.39, 0.29) is 38.1 Å². The zero-order valence-corrected chi connectivity index (χ0v) is 32.3. The summed E-state index contributed by atoms with van der Waals surface area (Å²) in [5, 5.41) is 9.29. The molecule has 5 rings (SSSR count). The van der Waals surface area contributed by atoms with Crippen LogP contribution in [0.1, 0.15) is 63.5 Å². The molecule has 0 amide bonds. The molecule has 0 saturated carbocycles. The Morgan fingerprint density at radius 3 is 1.98 bits per heavy atom. The van der Waals surface area contributed by atoms with Crippen molar-refractivity contribution in [2.24, 2.45) is 7.05 Å². The maximum atomic E-state index is 13.3. The second-order valence-corrected chi connectivity index (χ2v) is 14.7. The average molecular weight is 745 g/mol. The number of benzene rings is 3. The summed E-state index contributed by atoms with van der Waals surface area (Å²) in [4.78, 5) is 25.7. The largest absolute Gasteiger partial charge is 0.497 e. The van der Waals surface area contributed by atoms with Gasteiger partial charge >= 0.3 is 5.69 Å². The van der Waals surface area contributed by atoms with Crippen molar-refractivity contribution in [3.63, 3.8) is 0 Å². The fourth-order valence-electron chi connectivity index (χ4n) is 6.63. The van der Waals surface area contributed by atoms with Crippen molar-refractivity contribution in [3.05, 3.63) is 129 Å². The number of methoxy groups -OCH3 is 2. The first-order valence-corrected chi connectivity index (χ1v) is 18.8. The maximum Gasteiger partial charge on any atom is 0.332 e. The van der Waals surface area contributed by atoms with Crippen LogP contribution in [0.2, 0.25) is 0 Å². The third-order valence-electron chi connectivity index (χ3n) is 9.23. The van der Waals surface area contributed by atoms with Crippen LogP contribution in [0.5, 0.6) is 11.5 Å². The molecule has 12 nitrogen and oxygen atoms in total. The van der Waals surface area contributed by atoms with E-state index in [1.807, 2.05) is 78.9 Å². The van der Waals surface area contributed by atoms with Crippen LogP contribution < -0.4 is 20.7 Å². The standard InChI is InChI=1S/C40H49N4O8P/c1-28(2)44(29(3)4)53(50-25-11-23-41)52-35-26-38(43-24-22-37(45)42(5)39(43)46)51-36(35)27-49-40(30-12-9-8-10-13-30,31-14-18-33(47-6)19-15-31)32-16-20-34(48-7)21-17-32/h8-10,12-22,24,28-29,35-36,38H,11,25-27H2,1-7H3/t35?,36-,38-,53?/m1/s1. The molecular formula is C40H49N4O8P. The van der Waals surface area contributed by atoms with E-state index >= 15 is 0 Å². The molecule has 1 fully saturated rings. The van der Waals surface area contributed by atoms with E-state index in [2.05, 4.69) is 38.4 Å². The average Bonchev–Trinajstić information content (AvgIpc) is 3.56. The minimum atomic E-state index is -1.66. The molecule has 0 spiro atoms. The summed E-state index contributed by atoms with van der Waals surface area (Å²) in [5.74, 6) is 1.40. The number of rotatable bonds is 17. The van der Waals surface area contributed by atoms with Crippen molar-refractivity contribution in [1.29, 1.82) is 5.26 Å². The smallest absolute Gasteiger partial charge is 0.332 e. The zero-order valence-electron chi connectivity index (χ0n) is 31.4. The molecule has 0 bridgehead atoms. The van der Waals surface area contributed by atoms with E-state index in [0.717, 1.165) is 21.3 Å². The van der Waals surface area contributed by atoms with Gasteiger partial charge in [-0.3, -0.25) is 13.9 Å². The minimum absolute atomic E-state index is 0.0410. The topological polar surface area (TPSA) is 126 Å². The normalized spacial score (nSPS) is 18.0. The van der Waals surface area contributed by atoms with Crippen LogP contribution in [0.15, 0.2) is 101 Å². The van der Waals surface area contributed by atoms with Gasteiger partial charge in [-0.1, -0.05) is 54.6 Å². The van der Waals surface area contributed by atoms with Crippen molar-refractivity contribution >= 4 is 8.53 Å². The maximum absolute atomic E-state index is 13.3. The van der Waals surface area contributed by atoms with Gasteiger partial charge in [0.25, 0.3) is 14.1 Å². The van der Waals surface area contributed by atoms with E-state index in [0.29, 0.717) is 11.5 Å². The van der Waals surface area contributed by atoms with Crippen LogP contribution in [0.25, 0.3) is 0 Å². The van der Waals surface area contributed by atoms with E-state index in [9.17, 15) is 14.9 Å². The Balaban J connectivity index is 1.60. The molecule has 282 valence electrons. The van der Waals surface area contributed by atoms with Crippen LogP contribution in [0.4, 0.5) is 0 Å². The molecule has 1 aliphatic heterocycles. The molecule has 3 aromatic carbocycles. The quantitative estimate of drug-likeness (QED) is 0.0670. The number of nitrogens with zero attached hydrogens (tertiary/aromatic N) is 4. The number of hydrogen-bond acceptors (Lipinski definition) is 10. The van der Waals surface area contributed by atoms with Crippen molar-refractivity contribution in [1.82, 2.24) is 13.8 Å². The lowest BCUT2D eigenvalue weighted by Crippen LogP contribution is -2.40. The third kappa shape index (κ3) is 8.90. The number of aromatic nitrogens is 2. The molecule has 0 N–H and O–H groups in total. The second kappa shape index (κ2) is 18.1. The zero-order chi connectivity index (χ0) is 38.1. The molecule has 2 unspecified atom stereocenters. The molecule has 13 heteroatoms. The molecule has 1 saturated heterocycles. The molecule has 53 heavy (non-hydrogen) atoms. The highest BCUT2D eigenvalue weighted by molar-refractivity contribution is 7.44. The Labute approximate surface area is 312 Å². The fourth-order valence-corrected chi connectivity index (χ4v) is 8.39. The van der Waals surface area contributed by atoms with Crippen LogP contribution in [-0.2, 0) is 31.2 Å². The lowest BCUT2D eigenvalue weighted by molar-refractivity contribution is -0.0927. The minimum Gasteiger partial charge on any atom is -0.497 e. The van der Waals surface area contributed by atoms with Gasteiger partial charge in [-0.05, 0) is 68.7 Å². The Bertz CT molecular complexity index is 1870. The van der Waals surface area contributed by atoms with Crippen LogP contribution in [0.3, 0.4) is 0 Å². The van der Waals surface area contributed by atoms with Crippen molar-refractivity contribution in [2.75, 3.05) is 27.4 Å². The van der Waals surface area contributed by atoms with Gasteiger partial charge < -0.3 is 28.0 Å². The lowest BCUT2D eigenvalue weighted by Gasteiger charge is -2.39. The third-order valence-corrected chi connectivity index (χ3v) is 11.4. The Kier molecular flexibility index (Phi) is 13.6. The van der Waals surface area contributed by atoms with Gasteiger partial charge in [0.05, 0.1) is 46.0 Å². The van der Waals surface area contributed by atoms with Gasteiger partial charge in [0.15, 0.2) is 0 Å². The predicted octanol–water partition coefficient (Wildman–Crippen LogP) is 6.52. The second-order valence-electron chi connectivity index (χ2n) is 13.3. The van der Waals surface area contributed by atoms with Gasteiger partial charge in [-0.25, -0.2) is 9.46 Å². The highest BCUT2D eigenvalue weighted by Crippen LogP contribution is 2.50. The molecule has 0 radical (unpaired) electrons. The summed E-state index contributed by atoms with van der Waals surface area (Å²) >= 11 is 0. The van der Waals surface area contributed by atoms with Crippen molar-refractivity contribution in [3.8, 4) is 17.6 Å². The first kappa shape index (κ1) is 39.9. The molecule has 1 aromatic heterocycles. The molecular weight excluding hydrogens is 695 g/mol. The lowest BCUT2D eigenvalue weighted by atomic mass is 9.80. The fraction of sp³-hybridized carbons (Fsp3) is 0.425. The van der Waals surface area contributed by atoms with E-state index in [1.165, 1.54) is 23.9 Å². The van der Waals surface area contributed by atoms with Gasteiger partial charge in [0.2, 0.25) is 0 Å². The van der Waals surface area contributed by atoms with E-state index in [1.54, 1.807) is 14.2 Å². The van der Waals surface area contributed by atoms with Gasteiger partial charge in [-0.15, -0.1) is 0 Å². The van der Waals surface area contributed by atoms with E-state index < -0.39 is 43.8 Å². The van der Waals surface area contributed by atoms with Crippen molar-refractivity contribution in [2.45, 2.75) is 76.7 Å². The van der Waals surface area contributed by atoms with Gasteiger partial charge in [0, 0.05) is 37.8 Å². The SMILES string of the molecule is COc1ccc(C(OC[C@H]2O[C@@H](n3ccc(=O)n(C)c3=O)CC2OP(OCCC#N)N(C(C)C)C(C)C)(c2ccccc2)c2ccc(OC)cc2)cc1. The highest BCUT2D eigenvalue weighted by atomic mass is 31.2. The summed E-state index contributed by atoms with van der Waals surface area (Å²) in [6, 6.07) is 29.1. The highest BCUT2D eigenvalue weighted by Gasteiger charge is 2.45. The first-order valence-electron chi connectivity index (χ1n) is 17.7. The molecule has 4 atom stereocenters. The number of nitriles is 1. The first-order chi connectivity index (χ1) is 25.5. The molecule has 2 heterocycles. The predicted molar refractivity (Wildman–Crippen MR) is 203 cm³/mol. The van der Waals surface area contributed by atoms with Gasteiger partial charge in [0.1, 0.15) is 29.4 Å². The van der Waals surface area contributed by atoms with Crippen molar-refractivity contribution < 1.29 is 28.0 Å². The van der Waals surface area contributed by atoms with Gasteiger partial charge in [-0.2, -0.15) is 5.26 Å². The Hall–Kier alpha value is -4.34. The summed E-state index contributed by atoms with van der Waals surface area (Å²) in [6.07, 6.45) is -0.103. The van der Waals surface area contributed by atoms with Crippen LogP contribution in [-0.4, -0.2) is 65.5 Å². The molecule has 0 aliphatic carbocycles. The summed E-state index contributed by atoms with van der Waals surface area (Å²) in [6.45, 7) is 8.53. The number of ether oxygens (including phenoxy) is 4. The summed E-state index contributed by atoms with van der Waals surface area (Å²) in [7, 11) is 3.03. The number of hydrogen-bond donors (Lipinski definition) is 0.